The second-order valence-electron chi connectivity index (χ2n) is 4.66. The molecule has 1 atom stereocenters. The zero-order chi connectivity index (χ0) is 14.5. The molecule has 1 aromatic heterocycles. The summed E-state index contributed by atoms with van der Waals surface area (Å²) in [6, 6.07) is 9.60. The molecule has 20 heavy (non-hydrogen) atoms. The van der Waals surface area contributed by atoms with Crippen LogP contribution in [-0.2, 0) is 7.05 Å². The maximum absolute atomic E-state index is 11.7. The van der Waals surface area contributed by atoms with Crippen LogP contribution in [0, 0.1) is 0 Å². The number of carbonyl (C=O) groups excluding carboxylic acids is 1. The zero-order valence-corrected chi connectivity index (χ0v) is 13.0. The molecule has 2 aromatic rings. The Morgan fingerprint density at radius 3 is 2.65 bits per heavy atom. The van der Waals surface area contributed by atoms with Crippen LogP contribution < -0.4 is 10.6 Å². The monoisotopic (exact) mass is 336 g/mol. The third-order valence-electron chi connectivity index (χ3n) is 2.96. The first-order valence-electron chi connectivity index (χ1n) is 6.34. The molecule has 2 N–H and O–H groups in total. The lowest BCUT2D eigenvalue weighted by Gasteiger charge is -2.13. The molecule has 1 unspecified atom stereocenters. The molecule has 5 nitrogen and oxygen atoms in total. The van der Waals surface area contributed by atoms with Crippen LogP contribution in [0.5, 0.6) is 0 Å². The molecule has 0 radical (unpaired) electrons. The summed E-state index contributed by atoms with van der Waals surface area (Å²) >= 11 is 3.41. The smallest absolute Gasteiger partial charge is 0.320 e. The molecule has 1 heterocycles. The number of nitrogens with zero attached hydrogens (tertiary/aromatic N) is 2. The van der Waals surface area contributed by atoms with Gasteiger partial charge in [0.05, 0.1) is 0 Å². The molecule has 1 aromatic carbocycles. The van der Waals surface area contributed by atoms with Gasteiger partial charge in [-0.1, -0.05) is 35.0 Å². The van der Waals surface area contributed by atoms with E-state index in [2.05, 4.69) is 38.6 Å². The van der Waals surface area contributed by atoms with Gasteiger partial charge in [0, 0.05) is 30.3 Å². The summed E-state index contributed by atoms with van der Waals surface area (Å²) in [5.41, 5.74) is 1.19. The predicted molar refractivity (Wildman–Crippen MR) is 82.8 cm³/mol. The third-order valence-corrected chi connectivity index (χ3v) is 3.49. The first-order chi connectivity index (χ1) is 9.54. The van der Waals surface area contributed by atoms with Gasteiger partial charge in [-0.2, -0.15) is 5.10 Å². The van der Waals surface area contributed by atoms with Crippen molar-refractivity contribution in [2.45, 2.75) is 12.8 Å². The van der Waals surface area contributed by atoms with Crippen molar-refractivity contribution in [2.75, 3.05) is 11.9 Å². The van der Waals surface area contributed by atoms with E-state index in [-0.39, 0.29) is 11.9 Å². The molecular weight excluding hydrogens is 320 g/mol. The summed E-state index contributed by atoms with van der Waals surface area (Å²) in [5.74, 6) is 0.791. The van der Waals surface area contributed by atoms with Gasteiger partial charge in [0.1, 0.15) is 0 Å². The molecule has 0 aliphatic carbocycles. The van der Waals surface area contributed by atoms with E-state index in [1.807, 2.05) is 24.3 Å². The molecule has 0 spiro atoms. The topological polar surface area (TPSA) is 59.0 Å². The Hall–Kier alpha value is -1.82. The van der Waals surface area contributed by atoms with Gasteiger partial charge in [-0.25, -0.2) is 4.79 Å². The molecule has 0 aliphatic heterocycles. The highest BCUT2D eigenvalue weighted by Crippen LogP contribution is 2.17. The third kappa shape index (κ3) is 4.09. The van der Waals surface area contributed by atoms with Crippen molar-refractivity contribution in [1.82, 2.24) is 15.1 Å². The number of hydrogen-bond acceptors (Lipinski definition) is 2. The van der Waals surface area contributed by atoms with Crippen molar-refractivity contribution in [2.24, 2.45) is 7.05 Å². The van der Waals surface area contributed by atoms with E-state index in [1.54, 1.807) is 24.0 Å². The molecular formula is C14H17BrN4O. The van der Waals surface area contributed by atoms with Crippen molar-refractivity contribution < 1.29 is 4.79 Å². The Morgan fingerprint density at radius 1 is 1.35 bits per heavy atom. The molecule has 0 saturated carbocycles. The first kappa shape index (κ1) is 14.6. The largest absolute Gasteiger partial charge is 0.337 e. The fourth-order valence-corrected chi connectivity index (χ4v) is 2.06. The lowest BCUT2D eigenvalue weighted by atomic mass is 10.0. The summed E-state index contributed by atoms with van der Waals surface area (Å²) < 4.78 is 2.69. The van der Waals surface area contributed by atoms with Gasteiger partial charge in [-0.05, 0) is 23.6 Å². The fraction of sp³-hybridized carbons (Fsp3) is 0.286. The van der Waals surface area contributed by atoms with Gasteiger partial charge in [-0.15, -0.1) is 0 Å². The van der Waals surface area contributed by atoms with Crippen molar-refractivity contribution >= 4 is 27.8 Å². The Bertz CT molecular complexity index is 579. The number of urea groups is 1. The molecule has 0 bridgehead atoms. The lowest BCUT2D eigenvalue weighted by molar-refractivity contribution is 0.251. The molecule has 6 heteroatoms. The van der Waals surface area contributed by atoms with Crippen molar-refractivity contribution in [3.05, 3.63) is 46.6 Å². The minimum absolute atomic E-state index is 0.243. The molecule has 0 fully saturated rings. The van der Waals surface area contributed by atoms with E-state index in [1.165, 1.54) is 5.56 Å². The summed E-state index contributed by atoms with van der Waals surface area (Å²) in [4.78, 5) is 11.7. The predicted octanol–water partition coefficient (Wildman–Crippen LogP) is 3.11. The number of benzene rings is 1. The van der Waals surface area contributed by atoms with E-state index >= 15 is 0 Å². The van der Waals surface area contributed by atoms with E-state index in [4.69, 9.17) is 0 Å². The first-order valence-corrected chi connectivity index (χ1v) is 7.14. The number of carbonyl (C=O) groups is 1. The molecule has 2 amide bonds. The van der Waals surface area contributed by atoms with Gasteiger partial charge in [0.2, 0.25) is 0 Å². The number of aromatic nitrogens is 2. The maximum Gasteiger partial charge on any atom is 0.320 e. The van der Waals surface area contributed by atoms with Gasteiger partial charge >= 0.3 is 6.03 Å². The number of nitrogens with one attached hydrogen (secondary N) is 2. The number of anilines is 1. The summed E-state index contributed by atoms with van der Waals surface area (Å²) in [5, 5.41) is 9.62. The van der Waals surface area contributed by atoms with Crippen LogP contribution in [0.2, 0.25) is 0 Å². The van der Waals surface area contributed by atoms with Crippen molar-refractivity contribution in [3.8, 4) is 0 Å². The number of hydrogen-bond donors (Lipinski definition) is 2. The van der Waals surface area contributed by atoms with Crippen LogP contribution >= 0.6 is 15.9 Å². The molecule has 0 saturated heterocycles. The normalized spacial score (nSPS) is 11.9. The average Bonchev–Trinajstić information content (AvgIpc) is 2.82. The van der Waals surface area contributed by atoms with Crippen molar-refractivity contribution in [1.29, 1.82) is 0 Å². The average molecular weight is 337 g/mol. The Kier molecular flexibility index (Phi) is 4.79. The number of halogens is 1. The van der Waals surface area contributed by atoms with E-state index < -0.39 is 0 Å². The highest BCUT2D eigenvalue weighted by molar-refractivity contribution is 9.10. The highest BCUT2D eigenvalue weighted by atomic mass is 79.9. The summed E-state index contributed by atoms with van der Waals surface area (Å²) in [6.07, 6.45) is 1.78. The zero-order valence-electron chi connectivity index (χ0n) is 11.4. The summed E-state index contributed by atoms with van der Waals surface area (Å²) in [7, 11) is 1.80. The van der Waals surface area contributed by atoms with Crippen LogP contribution in [0.15, 0.2) is 41.0 Å². The number of amides is 2. The maximum atomic E-state index is 11.7. The van der Waals surface area contributed by atoms with E-state index in [0.717, 1.165) is 4.47 Å². The van der Waals surface area contributed by atoms with Crippen LogP contribution in [-0.4, -0.2) is 22.4 Å². The Labute approximate surface area is 126 Å². The SMILES string of the molecule is CC(CNC(=O)Nc1ccn(C)n1)c1ccc(Br)cc1. The van der Waals surface area contributed by atoms with Gasteiger partial charge in [-0.3, -0.25) is 10.00 Å². The van der Waals surface area contributed by atoms with Crippen LogP contribution in [0.1, 0.15) is 18.4 Å². The van der Waals surface area contributed by atoms with Crippen molar-refractivity contribution in [3.63, 3.8) is 0 Å². The van der Waals surface area contributed by atoms with Gasteiger partial charge in [0.25, 0.3) is 0 Å². The van der Waals surface area contributed by atoms with Crippen LogP contribution in [0.4, 0.5) is 10.6 Å². The van der Waals surface area contributed by atoms with Crippen LogP contribution in [0.3, 0.4) is 0 Å². The number of aryl methyl sites for hydroxylation is 1. The standard InChI is InChI=1S/C14H17BrN4O/c1-10(11-3-5-12(15)6-4-11)9-16-14(20)17-13-7-8-19(2)18-13/h3-8,10H,9H2,1-2H3,(H2,16,17,18,20). The minimum atomic E-state index is -0.243. The Morgan fingerprint density at radius 2 is 2.05 bits per heavy atom. The van der Waals surface area contributed by atoms with E-state index in [9.17, 15) is 4.79 Å². The minimum Gasteiger partial charge on any atom is -0.337 e. The van der Waals surface area contributed by atoms with E-state index in [0.29, 0.717) is 12.4 Å². The summed E-state index contributed by atoms with van der Waals surface area (Å²) in [6.45, 7) is 2.64. The van der Waals surface area contributed by atoms with Crippen LogP contribution in [0.25, 0.3) is 0 Å². The Balaban J connectivity index is 1.82. The second kappa shape index (κ2) is 6.56. The molecule has 2 rings (SSSR count). The van der Waals surface area contributed by atoms with Gasteiger partial charge < -0.3 is 5.32 Å². The molecule has 106 valence electrons. The lowest BCUT2D eigenvalue weighted by Crippen LogP contribution is -2.31. The second-order valence-corrected chi connectivity index (χ2v) is 5.58. The number of rotatable bonds is 4. The quantitative estimate of drug-likeness (QED) is 0.901. The van der Waals surface area contributed by atoms with Gasteiger partial charge in [0.15, 0.2) is 5.82 Å². The highest BCUT2D eigenvalue weighted by Gasteiger charge is 2.08. The fourth-order valence-electron chi connectivity index (χ4n) is 1.80. The molecule has 0 aliphatic rings.